The molecule has 2 nitrogen and oxygen atoms in total. The molecule has 1 saturated heterocycles. The first-order valence-electron chi connectivity index (χ1n) is 6.06. The monoisotopic (exact) mass is 236 g/mol. The summed E-state index contributed by atoms with van der Waals surface area (Å²) in [5.74, 6) is 0.547. The second-order valence-electron chi connectivity index (χ2n) is 5.01. The molecule has 0 aromatic rings. The van der Waals surface area contributed by atoms with Crippen molar-refractivity contribution in [3.05, 3.63) is 0 Å². The summed E-state index contributed by atoms with van der Waals surface area (Å²) in [7, 11) is 0. The molecule has 0 aromatic carbocycles. The molecule has 1 saturated carbocycles. The van der Waals surface area contributed by atoms with E-state index in [0.29, 0.717) is 12.5 Å². The molecule has 0 radical (unpaired) electrons. The van der Waals surface area contributed by atoms with Crippen molar-refractivity contribution in [2.45, 2.75) is 43.8 Å². The second kappa shape index (κ2) is 4.53. The van der Waals surface area contributed by atoms with E-state index >= 15 is 0 Å². The van der Waals surface area contributed by atoms with Gasteiger partial charge in [-0.1, -0.05) is 0 Å². The first-order valence-corrected chi connectivity index (χ1v) is 6.06. The maximum absolute atomic E-state index is 12.6. The number of rotatable bonds is 4. The van der Waals surface area contributed by atoms with Gasteiger partial charge in [0.05, 0.1) is 0 Å². The van der Waals surface area contributed by atoms with Gasteiger partial charge in [-0.2, -0.15) is 13.2 Å². The molecule has 2 rings (SSSR count). The Morgan fingerprint density at radius 2 is 2.06 bits per heavy atom. The van der Waals surface area contributed by atoms with Gasteiger partial charge in [0.25, 0.3) is 0 Å². The van der Waals surface area contributed by atoms with Crippen molar-refractivity contribution in [1.82, 2.24) is 10.6 Å². The van der Waals surface area contributed by atoms with Gasteiger partial charge in [0.15, 0.2) is 0 Å². The lowest BCUT2D eigenvalue weighted by Gasteiger charge is -2.25. The number of hydrogen-bond acceptors (Lipinski definition) is 2. The zero-order chi connectivity index (χ0) is 11.6. The molecular formula is C11H19F3N2. The molecule has 1 aliphatic carbocycles. The first kappa shape index (κ1) is 12.2. The average Bonchev–Trinajstić information content (AvgIpc) is 3.00. The quantitative estimate of drug-likeness (QED) is 0.780. The Balaban J connectivity index is 1.68. The largest absolute Gasteiger partial charge is 0.406 e. The van der Waals surface area contributed by atoms with Crippen LogP contribution in [0.1, 0.15) is 32.1 Å². The third-order valence-electron chi connectivity index (χ3n) is 3.71. The third-order valence-corrected chi connectivity index (χ3v) is 3.71. The molecule has 0 amide bonds. The molecule has 1 aliphatic heterocycles. The van der Waals surface area contributed by atoms with Crippen LogP contribution < -0.4 is 10.6 Å². The van der Waals surface area contributed by atoms with E-state index in [1.54, 1.807) is 0 Å². The Morgan fingerprint density at radius 1 is 1.31 bits per heavy atom. The van der Waals surface area contributed by atoms with E-state index in [1.165, 1.54) is 0 Å². The summed E-state index contributed by atoms with van der Waals surface area (Å²) in [5, 5.41) is 5.98. The lowest BCUT2D eigenvalue weighted by molar-refractivity contribution is -0.165. The Kier molecular flexibility index (Phi) is 3.45. The van der Waals surface area contributed by atoms with Crippen LogP contribution in [0.5, 0.6) is 0 Å². The standard InChI is InChI=1S/C11H19F3N2/c12-11(13,14)10(4-5-10)16-7-3-9-2-1-6-15-8-9/h9,15-16H,1-8H2. The van der Waals surface area contributed by atoms with Gasteiger partial charge in [-0.3, -0.25) is 0 Å². The van der Waals surface area contributed by atoms with Crippen molar-refractivity contribution < 1.29 is 13.2 Å². The first-order chi connectivity index (χ1) is 7.54. The molecule has 2 aliphatic rings. The highest BCUT2D eigenvalue weighted by atomic mass is 19.4. The van der Waals surface area contributed by atoms with Gasteiger partial charge < -0.3 is 10.6 Å². The Bertz CT molecular complexity index is 230. The van der Waals surface area contributed by atoms with Gasteiger partial charge in [0.1, 0.15) is 5.54 Å². The highest BCUT2D eigenvalue weighted by Crippen LogP contribution is 2.48. The predicted octanol–water partition coefficient (Wildman–Crippen LogP) is 2.06. The van der Waals surface area contributed by atoms with Gasteiger partial charge in [0.2, 0.25) is 0 Å². The van der Waals surface area contributed by atoms with Crippen molar-refractivity contribution in [3.63, 3.8) is 0 Å². The van der Waals surface area contributed by atoms with Crippen molar-refractivity contribution in [3.8, 4) is 0 Å². The molecule has 0 spiro atoms. The molecule has 1 atom stereocenters. The Morgan fingerprint density at radius 3 is 2.56 bits per heavy atom. The Labute approximate surface area is 94.0 Å². The zero-order valence-electron chi connectivity index (χ0n) is 9.37. The van der Waals surface area contributed by atoms with Crippen LogP contribution in [0.3, 0.4) is 0 Å². The van der Waals surface area contributed by atoms with Crippen molar-refractivity contribution in [2.75, 3.05) is 19.6 Å². The number of hydrogen-bond donors (Lipinski definition) is 2. The fourth-order valence-electron chi connectivity index (χ4n) is 2.37. The summed E-state index contributed by atoms with van der Waals surface area (Å²) in [6, 6.07) is 0. The number of alkyl halides is 3. The number of piperidine rings is 1. The lowest BCUT2D eigenvalue weighted by atomic mass is 9.96. The maximum Gasteiger partial charge on any atom is 0.406 e. The number of nitrogens with one attached hydrogen (secondary N) is 2. The van der Waals surface area contributed by atoms with E-state index in [9.17, 15) is 13.2 Å². The van der Waals surface area contributed by atoms with E-state index in [0.717, 1.165) is 32.4 Å². The van der Waals surface area contributed by atoms with E-state index in [-0.39, 0.29) is 12.8 Å². The van der Waals surface area contributed by atoms with Gasteiger partial charge in [-0.05, 0) is 57.7 Å². The van der Waals surface area contributed by atoms with Crippen LogP contribution in [0, 0.1) is 5.92 Å². The third kappa shape index (κ3) is 2.69. The Hall–Kier alpha value is -0.290. The lowest BCUT2D eigenvalue weighted by Crippen LogP contribution is -2.46. The minimum Gasteiger partial charge on any atom is -0.316 e. The SMILES string of the molecule is FC(F)(F)C1(NCCC2CCCNC2)CC1. The molecule has 16 heavy (non-hydrogen) atoms. The topological polar surface area (TPSA) is 24.1 Å². The summed E-state index contributed by atoms with van der Waals surface area (Å²) in [5.41, 5.74) is -1.53. The number of halogens is 3. The van der Waals surface area contributed by atoms with Crippen LogP contribution >= 0.6 is 0 Å². The highest BCUT2D eigenvalue weighted by molar-refractivity contribution is 5.07. The van der Waals surface area contributed by atoms with Gasteiger partial charge in [0, 0.05) is 0 Å². The zero-order valence-corrected chi connectivity index (χ0v) is 9.37. The summed E-state index contributed by atoms with van der Waals surface area (Å²) >= 11 is 0. The molecule has 94 valence electrons. The van der Waals surface area contributed by atoms with Crippen molar-refractivity contribution in [1.29, 1.82) is 0 Å². The smallest absolute Gasteiger partial charge is 0.316 e. The second-order valence-corrected chi connectivity index (χ2v) is 5.01. The maximum atomic E-state index is 12.6. The van der Waals surface area contributed by atoms with E-state index in [4.69, 9.17) is 0 Å². The highest BCUT2D eigenvalue weighted by Gasteiger charge is 2.62. The molecule has 1 unspecified atom stereocenters. The molecule has 2 fully saturated rings. The summed E-state index contributed by atoms with van der Waals surface area (Å²) in [6.07, 6.45) is -0.426. The van der Waals surface area contributed by atoms with Crippen LogP contribution in [0.25, 0.3) is 0 Å². The van der Waals surface area contributed by atoms with Crippen LogP contribution in [0.15, 0.2) is 0 Å². The van der Waals surface area contributed by atoms with E-state index in [2.05, 4.69) is 10.6 Å². The van der Waals surface area contributed by atoms with E-state index in [1.807, 2.05) is 0 Å². The van der Waals surface area contributed by atoms with Gasteiger partial charge in [-0.15, -0.1) is 0 Å². The van der Waals surface area contributed by atoms with Crippen molar-refractivity contribution in [2.24, 2.45) is 5.92 Å². The minimum absolute atomic E-state index is 0.249. The van der Waals surface area contributed by atoms with Gasteiger partial charge >= 0.3 is 6.18 Å². The molecular weight excluding hydrogens is 217 g/mol. The predicted molar refractivity (Wildman–Crippen MR) is 56.2 cm³/mol. The minimum atomic E-state index is -4.07. The summed E-state index contributed by atoms with van der Waals surface area (Å²) < 4.78 is 37.8. The molecule has 2 N–H and O–H groups in total. The van der Waals surface area contributed by atoms with Crippen molar-refractivity contribution >= 4 is 0 Å². The summed E-state index contributed by atoms with van der Waals surface area (Å²) in [4.78, 5) is 0. The van der Waals surface area contributed by atoms with E-state index < -0.39 is 11.7 Å². The normalized spacial score (nSPS) is 29.1. The molecule has 0 aromatic heterocycles. The fourth-order valence-corrected chi connectivity index (χ4v) is 2.37. The summed E-state index contributed by atoms with van der Waals surface area (Å²) in [6.45, 7) is 2.50. The fraction of sp³-hybridized carbons (Fsp3) is 1.00. The average molecular weight is 236 g/mol. The van der Waals surface area contributed by atoms with Crippen LogP contribution in [-0.4, -0.2) is 31.3 Å². The van der Waals surface area contributed by atoms with Crippen LogP contribution in [0.4, 0.5) is 13.2 Å². The van der Waals surface area contributed by atoms with Crippen LogP contribution in [-0.2, 0) is 0 Å². The van der Waals surface area contributed by atoms with Crippen LogP contribution in [0.2, 0.25) is 0 Å². The molecule has 0 bridgehead atoms. The molecule has 1 heterocycles. The molecule has 5 heteroatoms. The van der Waals surface area contributed by atoms with Gasteiger partial charge in [-0.25, -0.2) is 0 Å².